The van der Waals surface area contributed by atoms with Gasteiger partial charge in [-0.05, 0) is 30.2 Å². The molecular formula is C18H23NO2. The molecule has 0 saturated heterocycles. The largest absolute Gasteiger partial charge is 0.488 e. The van der Waals surface area contributed by atoms with Crippen molar-refractivity contribution in [3.8, 4) is 5.75 Å². The fraction of sp³-hybridized carbons (Fsp3) is 0.333. The SMILES string of the molecule is CCNCc1cccc(C)c1OCc1ccc(CO)cc1. The highest BCUT2D eigenvalue weighted by molar-refractivity contribution is 5.41. The summed E-state index contributed by atoms with van der Waals surface area (Å²) in [5, 5.41) is 12.4. The molecule has 0 radical (unpaired) electrons. The molecule has 0 heterocycles. The Morgan fingerprint density at radius 3 is 2.43 bits per heavy atom. The zero-order chi connectivity index (χ0) is 15.1. The minimum Gasteiger partial charge on any atom is -0.488 e. The van der Waals surface area contributed by atoms with E-state index in [1.807, 2.05) is 24.3 Å². The Hall–Kier alpha value is -1.84. The quantitative estimate of drug-likeness (QED) is 0.821. The van der Waals surface area contributed by atoms with Gasteiger partial charge in [0.2, 0.25) is 0 Å². The number of benzene rings is 2. The van der Waals surface area contributed by atoms with E-state index in [9.17, 15) is 0 Å². The average molecular weight is 285 g/mol. The Morgan fingerprint density at radius 1 is 1.05 bits per heavy atom. The highest BCUT2D eigenvalue weighted by atomic mass is 16.5. The third-order valence-electron chi connectivity index (χ3n) is 3.45. The van der Waals surface area contributed by atoms with Gasteiger partial charge in [0, 0.05) is 12.1 Å². The van der Waals surface area contributed by atoms with Crippen molar-refractivity contribution >= 4 is 0 Å². The van der Waals surface area contributed by atoms with Crippen LogP contribution >= 0.6 is 0 Å². The molecule has 0 saturated carbocycles. The first-order valence-corrected chi connectivity index (χ1v) is 7.35. The first kappa shape index (κ1) is 15.5. The number of para-hydroxylation sites is 1. The van der Waals surface area contributed by atoms with Gasteiger partial charge in [-0.2, -0.15) is 0 Å². The van der Waals surface area contributed by atoms with Crippen LogP contribution in [0.25, 0.3) is 0 Å². The second-order valence-electron chi connectivity index (χ2n) is 5.11. The van der Waals surface area contributed by atoms with Crippen LogP contribution in [0.2, 0.25) is 0 Å². The van der Waals surface area contributed by atoms with Crippen LogP contribution in [0.15, 0.2) is 42.5 Å². The number of ether oxygens (including phenoxy) is 1. The third kappa shape index (κ3) is 4.31. The number of hydrogen-bond acceptors (Lipinski definition) is 3. The lowest BCUT2D eigenvalue weighted by atomic mass is 10.1. The van der Waals surface area contributed by atoms with Crippen molar-refractivity contribution in [2.45, 2.75) is 33.6 Å². The highest BCUT2D eigenvalue weighted by Gasteiger charge is 2.07. The van der Waals surface area contributed by atoms with Gasteiger partial charge < -0.3 is 15.2 Å². The first-order valence-electron chi connectivity index (χ1n) is 7.35. The Morgan fingerprint density at radius 2 is 1.76 bits per heavy atom. The van der Waals surface area contributed by atoms with Crippen LogP contribution in [0.1, 0.15) is 29.2 Å². The van der Waals surface area contributed by atoms with Gasteiger partial charge in [-0.1, -0.05) is 49.4 Å². The van der Waals surface area contributed by atoms with Gasteiger partial charge in [0.25, 0.3) is 0 Å². The Kier molecular flexibility index (Phi) is 5.78. The van der Waals surface area contributed by atoms with Gasteiger partial charge in [-0.3, -0.25) is 0 Å². The average Bonchev–Trinajstić information content (AvgIpc) is 2.52. The number of aryl methyl sites for hydroxylation is 1. The van der Waals surface area contributed by atoms with Crippen molar-refractivity contribution in [1.29, 1.82) is 0 Å². The summed E-state index contributed by atoms with van der Waals surface area (Å²) in [6.07, 6.45) is 0. The van der Waals surface area contributed by atoms with Gasteiger partial charge in [0.05, 0.1) is 6.61 Å². The standard InChI is InChI=1S/C18H23NO2/c1-3-19-11-17-6-4-5-14(2)18(17)21-13-16-9-7-15(12-20)8-10-16/h4-10,19-20H,3,11-13H2,1-2H3. The summed E-state index contributed by atoms with van der Waals surface area (Å²) in [6.45, 7) is 6.53. The molecule has 3 heteroatoms. The first-order chi connectivity index (χ1) is 10.2. The second kappa shape index (κ2) is 7.81. The number of hydrogen-bond donors (Lipinski definition) is 2. The fourth-order valence-electron chi connectivity index (χ4n) is 2.22. The predicted molar refractivity (Wildman–Crippen MR) is 85.3 cm³/mol. The molecule has 2 rings (SSSR count). The van der Waals surface area contributed by atoms with E-state index in [1.165, 1.54) is 5.56 Å². The summed E-state index contributed by atoms with van der Waals surface area (Å²) in [5.74, 6) is 0.963. The topological polar surface area (TPSA) is 41.5 Å². The van der Waals surface area contributed by atoms with Gasteiger partial charge in [-0.15, -0.1) is 0 Å². The summed E-state index contributed by atoms with van der Waals surface area (Å²) in [4.78, 5) is 0. The van der Waals surface area contributed by atoms with Gasteiger partial charge in [0.15, 0.2) is 0 Å². The van der Waals surface area contributed by atoms with E-state index in [4.69, 9.17) is 9.84 Å². The van der Waals surface area contributed by atoms with Crippen molar-refractivity contribution in [2.75, 3.05) is 6.54 Å². The van der Waals surface area contributed by atoms with Crippen LogP contribution < -0.4 is 10.1 Å². The lowest BCUT2D eigenvalue weighted by molar-refractivity contribution is 0.281. The van der Waals surface area contributed by atoms with Gasteiger partial charge in [-0.25, -0.2) is 0 Å². The maximum Gasteiger partial charge on any atom is 0.127 e. The van der Waals surface area contributed by atoms with E-state index in [0.717, 1.165) is 35.5 Å². The van der Waals surface area contributed by atoms with Crippen molar-refractivity contribution < 1.29 is 9.84 Å². The molecule has 2 aromatic rings. The third-order valence-corrected chi connectivity index (χ3v) is 3.45. The minimum atomic E-state index is 0.0752. The zero-order valence-corrected chi connectivity index (χ0v) is 12.7. The molecule has 21 heavy (non-hydrogen) atoms. The fourth-order valence-corrected chi connectivity index (χ4v) is 2.22. The van der Waals surface area contributed by atoms with Crippen LogP contribution in [0.4, 0.5) is 0 Å². The second-order valence-corrected chi connectivity index (χ2v) is 5.11. The molecule has 0 unspecified atom stereocenters. The lowest BCUT2D eigenvalue weighted by Gasteiger charge is -2.14. The number of nitrogens with one attached hydrogen (secondary N) is 1. The van der Waals surface area contributed by atoms with E-state index in [0.29, 0.717) is 6.61 Å². The molecule has 2 aromatic carbocycles. The molecule has 0 atom stereocenters. The van der Waals surface area contributed by atoms with E-state index >= 15 is 0 Å². The molecule has 0 bridgehead atoms. The summed E-state index contributed by atoms with van der Waals surface area (Å²) in [5.41, 5.74) is 4.36. The van der Waals surface area contributed by atoms with E-state index in [1.54, 1.807) is 0 Å². The predicted octanol–water partition coefficient (Wildman–Crippen LogP) is 3.18. The van der Waals surface area contributed by atoms with Gasteiger partial charge >= 0.3 is 0 Å². The van der Waals surface area contributed by atoms with E-state index in [2.05, 4.69) is 37.4 Å². The molecule has 2 N–H and O–H groups in total. The van der Waals surface area contributed by atoms with E-state index < -0.39 is 0 Å². The molecule has 0 fully saturated rings. The number of aliphatic hydroxyl groups is 1. The van der Waals surface area contributed by atoms with Crippen molar-refractivity contribution in [3.05, 3.63) is 64.7 Å². The van der Waals surface area contributed by atoms with Crippen LogP contribution in [0, 0.1) is 6.92 Å². The molecule has 112 valence electrons. The molecule has 0 spiro atoms. The summed E-state index contributed by atoms with van der Waals surface area (Å²) >= 11 is 0. The molecule has 0 amide bonds. The van der Waals surface area contributed by atoms with Crippen LogP contribution in [-0.4, -0.2) is 11.7 Å². The number of rotatable bonds is 7. The molecule has 0 aliphatic carbocycles. The smallest absolute Gasteiger partial charge is 0.127 e. The van der Waals surface area contributed by atoms with Crippen molar-refractivity contribution in [1.82, 2.24) is 5.32 Å². The van der Waals surface area contributed by atoms with Crippen molar-refractivity contribution in [3.63, 3.8) is 0 Å². The molecule has 0 aliphatic rings. The molecule has 3 nitrogen and oxygen atoms in total. The summed E-state index contributed by atoms with van der Waals surface area (Å²) in [7, 11) is 0. The monoisotopic (exact) mass is 285 g/mol. The summed E-state index contributed by atoms with van der Waals surface area (Å²) in [6, 6.07) is 14.1. The normalized spacial score (nSPS) is 10.6. The maximum atomic E-state index is 9.05. The maximum absolute atomic E-state index is 9.05. The zero-order valence-electron chi connectivity index (χ0n) is 12.7. The lowest BCUT2D eigenvalue weighted by Crippen LogP contribution is -2.13. The summed E-state index contributed by atoms with van der Waals surface area (Å²) < 4.78 is 6.02. The molecule has 0 aromatic heterocycles. The Labute approximate surface area is 126 Å². The molecule has 0 aliphatic heterocycles. The van der Waals surface area contributed by atoms with E-state index in [-0.39, 0.29) is 6.61 Å². The minimum absolute atomic E-state index is 0.0752. The highest BCUT2D eigenvalue weighted by Crippen LogP contribution is 2.24. The molecular weight excluding hydrogens is 262 g/mol. The van der Waals surface area contributed by atoms with Crippen LogP contribution in [0.3, 0.4) is 0 Å². The number of aliphatic hydroxyl groups excluding tert-OH is 1. The van der Waals surface area contributed by atoms with Gasteiger partial charge in [0.1, 0.15) is 12.4 Å². The Balaban J connectivity index is 2.07. The Bertz CT molecular complexity index is 564. The van der Waals surface area contributed by atoms with Crippen LogP contribution in [0.5, 0.6) is 5.75 Å². The van der Waals surface area contributed by atoms with Crippen molar-refractivity contribution in [2.24, 2.45) is 0 Å². The van der Waals surface area contributed by atoms with Crippen LogP contribution in [-0.2, 0) is 19.8 Å².